The molecule has 1 aliphatic heterocycles. The Kier molecular flexibility index (Phi) is 7.13. The predicted octanol–water partition coefficient (Wildman–Crippen LogP) is 0.620. The Balaban J connectivity index is 1.86. The van der Waals surface area contributed by atoms with E-state index in [4.69, 9.17) is 0 Å². The van der Waals surface area contributed by atoms with Gasteiger partial charge in [0.1, 0.15) is 0 Å². The molecule has 1 saturated heterocycles. The van der Waals surface area contributed by atoms with Gasteiger partial charge in [-0.3, -0.25) is 15.0 Å². The van der Waals surface area contributed by atoms with Crippen molar-refractivity contribution in [2.24, 2.45) is 0 Å². The van der Waals surface area contributed by atoms with Crippen molar-refractivity contribution in [3.8, 4) is 0 Å². The average molecular weight is 382 g/mol. The molecule has 0 spiro atoms. The number of hydrogen-bond acceptors (Lipinski definition) is 5. The summed E-state index contributed by atoms with van der Waals surface area (Å²) in [5.74, 6) is -0.708. The van der Waals surface area contributed by atoms with Gasteiger partial charge in [-0.2, -0.15) is 0 Å². The lowest BCUT2D eigenvalue weighted by molar-refractivity contribution is -0.125. The number of nitrogens with one attached hydrogen (secondary N) is 3. The topological polar surface area (TPSA) is 108 Å². The van der Waals surface area contributed by atoms with Crippen LogP contribution in [0.4, 0.5) is 0 Å². The molecule has 3 N–H and O–H groups in total. The van der Waals surface area contributed by atoms with Crippen LogP contribution in [0.15, 0.2) is 29.2 Å². The van der Waals surface area contributed by atoms with Crippen molar-refractivity contribution in [1.29, 1.82) is 0 Å². The summed E-state index contributed by atoms with van der Waals surface area (Å²) in [7, 11) is -3.60. The smallest absolute Gasteiger partial charge is 0.253 e. The Bertz CT molecular complexity index is 726. The van der Waals surface area contributed by atoms with Gasteiger partial charge in [0.15, 0.2) is 0 Å². The van der Waals surface area contributed by atoms with Gasteiger partial charge in [-0.1, -0.05) is 6.42 Å². The summed E-state index contributed by atoms with van der Waals surface area (Å²) in [6, 6.07) is 5.36. The number of rotatable bonds is 7. The molecule has 1 fully saturated rings. The van der Waals surface area contributed by atoms with Crippen molar-refractivity contribution in [3.63, 3.8) is 0 Å². The maximum absolute atomic E-state index is 12.1. The zero-order valence-corrected chi connectivity index (χ0v) is 15.9. The van der Waals surface area contributed by atoms with Crippen molar-refractivity contribution in [2.75, 3.05) is 19.6 Å². The summed E-state index contributed by atoms with van der Waals surface area (Å²) in [6.07, 6.45) is 3.27. The van der Waals surface area contributed by atoms with Gasteiger partial charge >= 0.3 is 0 Å². The van der Waals surface area contributed by atoms with E-state index in [-0.39, 0.29) is 23.4 Å². The molecule has 2 rings (SSSR count). The molecule has 1 aromatic rings. The number of nitrogens with zero attached hydrogens (tertiary/aromatic N) is 1. The second kappa shape index (κ2) is 9.11. The molecule has 8 nitrogen and oxygen atoms in total. The number of piperidine rings is 1. The van der Waals surface area contributed by atoms with Gasteiger partial charge in [0.05, 0.1) is 11.4 Å². The Morgan fingerprint density at radius 1 is 1.08 bits per heavy atom. The van der Waals surface area contributed by atoms with Crippen LogP contribution in [-0.4, -0.2) is 50.9 Å². The molecule has 0 unspecified atom stereocenters. The van der Waals surface area contributed by atoms with Crippen LogP contribution in [0, 0.1) is 0 Å². The van der Waals surface area contributed by atoms with E-state index < -0.39 is 15.9 Å². The van der Waals surface area contributed by atoms with Crippen molar-refractivity contribution in [1.82, 2.24) is 20.5 Å². The zero-order valence-electron chi connectivity index (χ0n) is 15.1. The lowest BCUT2D eigenvalue weighted by Crippen LogP contribution is -2.48. The molecule has 0 saturated carbocycles. The monoisotopic (exact) mass is 382 g/mol. The van der Waals surface area contributed by atoms with Crippen LogP contribution >= 0.6 is 0 Å². The predicted molar refractivity (Wildman–Crippen MR) is 97.8 cm³/mol. The van der Waals surface area contributed by atoms with Gasteiger partial charge in [0, 0.05) is 24.7 Å². The maximum atomic E-state index is 12.1. The van der Waals surface area contributed by atoms with E-state index in [2.05, 4.69) is 15.5 Å². The Hall–Kier alpha value is -1.97. The first-order chi connectivity index (χ1) is 12.3. The Morgan fingerprint density at radius 2 is 1.69 bits per heavy atom. The molecular weight excluding hydrogens is 356 g/mol. The Morgan fingerprint density at radius 3 is 2.27 bits per heavy atom. The fraction of sp³-hybridized carbons (Fsp3) is 0.529. The maximum Gasteiger partial charge on any atom is 0.253 e. The lowest BCUT2D eigenvalue weighted by atomic mass is 10.2. The van der Waals surface area contributed by atoms with Gasteiger partial charge in [0.25, 0.3) is 11.8 Å². The molecule has 0 atom stereocenters. The van der Waals surface area contributed by atoms with Crippen molar-refractivity contribution in [3.05, 3.63) is 29.8 Å². The third kappa shape index (κ3) is 6.08. The van der Waals surface area contributed by atoms with Gasteiger partial charge in [-0.05, 0) is 51.0 Å². The summed E-state index contributed by atoms with van der Waals surface area (Å²) >= 11 is 0. The summed E-state index contributed by atoms with van der Waals surface area (Å²) in [6.45, 7) is 4.97. The number of hydrogen-bond donors (Lipinski definition) is 3. The normalized spacial score (nSPS) is 15.7. The van der Waals surface area contributed by atoms with E-state index in [1.807, 2.05) is 5.01 Å². The fourth-order valence-electron chi connectivity index (χ4n) is 2.65. The van der Waals surface area contributed by atoms with Crippen molar-refractivity contribution < 1.29 is 18.0 Å². The van der Waals surface area contributed by atoms with Crippen LogP contribution in [0.5, 0.6) is 0 Å². The molecule has 1 aliphatic rings. The first kappa shape index (κ1) is 20.3. The molecule has 9 heteroatoms. The molecule has 2 amide bonds. The van der Waals surface area contributed by atoms with E-state index in [9.17, 15) is 18.0 Å². The summed E-state index contributed by atoms with van der Waals surface area (Å²) in [4.78, 5) is 24.1. The molecule has 0 aliphatic carbocycles. The molecular formula is C17H26N4O4S. The highest BCUT2D eigenvalue weighted by atomic mass is 32.2. The number of amides is 2. The highest BCUT2D eigenvalue weighted by molar-refractivity contribution is 7.89. The van der Waals surface area contributed by atoms with E-state index in [0.717, 1.165) is 25.9 Å². The summed E-state index contributed by atoms with van der Waals surface area (Å²) in [5.41, 5.74) is 3.06. The van der Waals surface area contributed by atoms with Gasteiger partial charge in [0.2, 0.25) is 10.0 Å². The number of carbonyl (C=O) groups excluding carboxylic acids is 2. The molecule has 0 aromatic heterocycles. The number of carbonyl (C=O) groups is 2. The standard InChI is InChI=1S/C17H26N4O4S/c1-13(2)20-26(24,25)15-8-6-14(7-9-15)17(23)18-12-16(22)19-21-10-4-3-5-11-21/h6-9,13,20H,3-5,10-12H2,1-2H3,(H,18,23)(H,19,22). The Labute approximate surface area is 154 Å². The second-order valence-electron chi connectivity index (χ2n) is 6.57. The van der Waals surface area contributed by atoms with Crippen LogP contribution in [0.2, 0.25) is 0 Å². The molecule has 1 heterocycles. The van der Waals surface area contributed by atoms with E-state index in [1.165, 1.54) is 30.7 Å². The van der Waals surface area contributed by atoms with Gasteiger partial charge < -0.3 is 5.32 Å². The minimum absolute atomic E-state index is 0.0885. The van der Waals surface area contributed by atoms with Crippen LogP contribution in [0.3, 0.4) is 0 Å². The van der Waals surface area contributed by atoms with E-state index in [0.29, 0.717) is 5.56 Å². The first-order valence-electron chi connectivity index (χ1n) is 8.73. The first-order valence-corrected chi connectivity index (χ1v) is 10.2. The van der Waals surface area contributed by atoms with Crippen molar-refractivity contribution in [2.45, 2.75) is 44.0 Å². The van der Waals surface area contributed by atoms with E-state index >= 15 is 0 Å². The molecule has 0 bridgehead atoms. The average Bonchev–Trinajstić information content (AvgIpc) is 2.59. The van der Waals surface area contributed by atoms with Crippen LogP contribution in [-0.2, 0) is 14.8 Å². The van der Waals surface area contributed by atoms with Crippen LogP contribution < -0.4 is 15.5 Å². The lowest BCUT2D eigenvalue weighted by Gasteiger charge is -2.26. The molecule has 0 radical (unpaired) electrons. The summed E-state index contributed by atoms with van der Waals surface area (Å²) in [5, 5.41) is 4.40. The van der Waals surface area contributed by atoms with Crippen molar-refractivity contribution >= 4 is 21.8 Å². The van der Waals surface area contributed by atoms with E-state index in [1.54, 1.807) is 13.8 Å². The number of sulfonamides is 1. The quantitative estimate of drug-likeness (QED) is 0.641. The highest BCUT2D eigenvalue weighted by Crippen LogP contribution is 2.11. The van der Waals surface area contributed by atoms with Crippen LogP contribution in [0.25, 0.3) is 0 Å². The summed E-state index contributed by atoms with van der Waals surface area (Å²) < 4.78 is 26.6. The number of benzene rings is 1. The molecule has 26 heavy (non-hydrogen) atoms. The van der Waals surface area contributed by atoms with Crippen LogP contribution in [0.1, 0.15) is 43.5 Å². The third-order valence-corrected chi connectivity index (χ3v) is 5.54. The molecule has 1 aromatic carbocycles. The minimum Gasteiger partial charge on any atom is -0.343 e. The molecule has 144 valence electrons. The highest BCUT2D eigenvalue weighted by Gasteiger charge is 2.17. The number of hydrazine groups is 1. The second-order valence-corrected chi connectivity index (χ2v) is 8.28. The minimum atomic E-state index is -3.60. The van der Waals surface area contributed by atoms with Gasteiger partial charge in [-0.15, -0.1) is 0 Å². The van der Waals surface area contributed by atoms with Gasteiger partial charge in [-0.25, -0.2) is 18.1 Å². The SMILES string of the molecule is CC(C)NS(=O)(=O)c1ccc(C(=O)NCC(=O)NN2CCCCC2)cc1. The largest absolute Gasteiger partial charge is 0.343 e. The fourth-order valence-corrected chi connectivity index (χ4v) is 3.90. The zero-order chi connectivity index (χ0) is 19.2. The third-order valence-electron chi connectivity index (χ3n) is 3.87.